The quantitative estimate of drug-likeness (QED) is 0.597. The van der Waals surface area contributed by atoms with Gasteiger partial charge >= 0.3 is 5.88 Å². The number of likely N-dealkylation sites (N-methyl/N-ethyl adjacent to an activating group) is 1. The van der Waals surface area contributed by atoms with Gasteiger partial charge < -0.3 is 9.73 Å². The van der Waals surface area contributed by atoms with Crippen LogP contribution in [0.25, 0.3) is 6.08 Å². The Morgan fingerprint density at radius 2 is 2.40 bits per heavy atom. The van der Waals surface area contributed by atoms with Crippen LogP contribution < -0.4 is 5.32 Å². The minimum absolute atomic E-state index is 0.221. The maximum atomic E-state index is 10.4. The van der Waals surface area contributed by atoms with Gasteiger partial charge in [-0.25, -0.2) is 0 Å². The van der Waals surface area contributed by atoms with E-state index >= 15 is 0 Å². The fraction of sp³-hybridized carbons (Fsp3) is 0.400. The Morgan fingerprint density at radius 1 is 1.67 bits per heavy atom. The second-order valence-electron chi connectivity index (χ2n) is 3.12. The van der Waals surface area contributed by atoms with E-state index in [4.69, 9.17) is 4.42 Å². The lowest BCUT2D eigenvalue weighted by Crippen LogP contribution is -2.09. The molecule has 0 saturated carbocycles. The van der Waals surface area contributed by atoms with Gasteiger partial charge in [-0.05, 0) is 25.6 Å². The normalized spacial score (nSPS) is 11.7. The summed E-state index contributed by atoms with van der Waals surface area (Å²) in [4.78, 5) is 9.83. The summed E-state index contributed by atoms with van der Waals surface area (Å²) in [5, 5.41) is 13.4. The summed E-state index contributed by atoms with van der Waals surface area (Å²) in [7, 11) is 1.86. The van der Waals surface area contributed by atoms with Crippen molar-refractivity contribution in [3.63, 3.8) is 0 Å². The van der Waals surface area contributed by atoms with Gasteiger partial charge in [0.25, 0.3) is 0 Å². The number of nitrogens with zero attached hydrogens (tertiary/aromatic N) is 1. The van der Waals surface area contributed by atoms with Gasteiger partial charge in [0.1, 0.15) is 10.7 Å². The Kier molecular flexibility index (Phi) is 4.05. The van der Waals surface area contributed by atoms with Crippen LogP contribution in [0.5, 0.6) is 0 Å². The molecule has 0 bridgehead atoms. The number of hydrogen-bond acceptors (Lipinski definition) is 4. The van der Waals surface area contributed by atoms with E-state index in [0.717, 1.165) is 18.5 Å². The van der Waals surface area contributed by atoms with Crippen LogP contribution in [0.15, 0.2) is 22.1 Å². The Morgan fingerprint density at radius 3 is 2.87 bits per heavy atom. The minimum Gasteiger partial charge on any atom is -0.401 e. The lowest BCUT2D eigenvalue weighted by atomic mass is 10.2. The molecule has 1 aromatic rings. The third-order valence-corrected chi connectivity index (χ3v) is 2.00. The monoisotopic (exact) mass is 210 g/mol. The summed E-state index contributed by atoms with van der Waals surface area (Å²) in [5.74, 6) is 0.301. The van der Waals surface area contributed by atoms with Crippen LogP contribution in [-0.4, -0.2) is 18.5 Å². The zero-order valence-corrected chi connectivity index (χ0v) is 8.82. The van der Waals surface area contributed by atoms with Crippen LogP contribution in [-0.2, 0) is 0 Å². The van der Waals surface area contributed by atoms with Crippen molar-refractivity contribution in [2.45, 2.75) is 13.3 Å². The smallest absolute Gasteiger partial charge is 0.401 e. The summed E-state index contributed by atoms with van der Waals surface area (Å²) in [6, 6.07) is 2.96. The topological polar surface area (TPSA) is 68.3 Å². The zero-order valence-electron chi connectivity index (χ0n) is 8.82. The molecular formula is C10H14N2O3. The van der Waals surface area contributed by atoms with E-state index in [1.807, 2.05) is 20.0 Å². The number of nitrogens with one attached hydrogen (secondary N) is 1. The van der Waals surface area contributed by atoms with E-state index < -0.39 is 4.92 Å². The summed E-state index contributed by atoms with van der Waals surface area (Å²) < 4.78 is 5.02. The predicted octanol–water partition coefficient (Wildman–Crippen LogP) is 2.20. The van der Waals surface area contributed by atoms with Crippen molar-refractivity contribution in [1.82, 2.24) is 5.32 Å². The van der Waals surface area contributed by atoms with Gasteiger partial charge in [0, 0.05) is 6.54 Å². The van der Waals surface area contributed by atoms with Gasteiger partial charge in [0.05, 0.1) is 6.07 Å². The molecule has 5 nitrogen and oxygen atoms in total. The molecule has 1 aromatic heterocycles. The summed E-state index contributed by atoms with van der Waals surface area (Å²) >= 11 is 0. The van der Waals surface area contributed by atoms with Crippen molar-refractivity contribution in [1.29, 1.82) is 0 Å². The largest absolute Gasteiger partial charge is 0.433 e. The third-order valence-electron chi connectivity index (χ3n) is 2.00. The minimum atomic E-state index is -0.541. The summed E-state index contributed by atoms with van der Waals surface area (Å²) in [6.07, 6.45) is 2.71. The highest BCUT2D eigenvalue weighted by Crippen LogP contribution is 2.18. The SMILES string of the molecule is CCC(=Cc1ccc([N+](=O)[O-])o1)CNC. The van der Waals surface area contributed by atoms with E-state index in [-0.39, 0.29) is 5.88 Å². The lowest BCUT2D eigenvalue weighted by Gasteiger charge is -2.01. The predicted molar refractivity (Wildman–Crippen MR) is 57.6 cm³/mol. The van der Waals surface area contributed by atoms with Crippen LogP contribution in [0.3, 0.4) is 0 Å². The first-order valence-electron chi connectivity index (χ1n) is 4.75. The molecule has 0 saturated heterocycles. The van der Waals surface area contributed by atoms with E-state index in [2.05, 4.69) is 5.32 Å². The number of nitro groups is 1. The molecule has 15 heavy (non-hydrogen) atoms. The maximum absolute atomic E-state index is 10.4. The fourth-order valence-electron chi connectivity index (χ4n) is 1.22. The molecule has 1 N–H and O–H groups in total. The van der Waals surface area contributed by atoms with E-state index in [0.29, 0.717) is 5.76 Å². The number of furan rings is 1. The first kappa shape index (κ1) is 11.5. The first-order valence-corrected chi connectivity index (χ1v) is 4.75. The average molecular weight is 210 g/mol. The Bertz CT molecular complexity index is 368. The second kappa shape index (κ2) is 5.31. The van der Waals surface area contributed by atoms with Gasteiger partial charge in [-0.1, -0.05) is 12.5 Å². The molecule has 0 atom stereocenters. The van der Waals surface area contributed by atoms with Crippen molar-refractivity contribution in [3.8, 4) is 0 Å². The first-order chi connectivity index (χ1) is 7.17. The average Bonchev–Trinajstić information content (AvgIpc) is 2.65. The van der Waals surface area contributed by atoms with Crippen molar-refractivity contribution >= 4 is 12.0 Å². The molecule has 1 heterocycles. The molecule has 1 rings (SSSR count). The van der Waals surface area contributed by atoms with Crippen LogP contribution in [0.4, 0.5) is 5.88 Å². The molecule has 0 aromatic carbocycles. The van der Waals surface area contributed by atoms with Crippen molar-refractivity contribution in [2.75, 3.05) is 13.6 Å². The van der Waals surface area contributed by atoms with Gasteiger partial charge in [0.2, 0.25) is 0 Å². The number of rotatable bonds is 5. The van der Waals surface area contributed by atoms with Gasteiger partial charge in [0.15, 0.2) is 0 Å². The molecule has 82 valence electrons. The fourth-order valence-corrected chi connectivity index (χ4v) is 1.22. The van der Waals surface area contributed by atoms with Gasteiger partial charge in [-0.3, -0.25) is 10.1 Å². The van der Waals surface area contributed by atoms with Crippen molar-refractivity contribution < 1.29 is 9.34 Å². The summed E-state index contributed by atoms with van der Waals surface area (Å²) in [5.41, 5.74) is 1.14. The molecule has 0 aliphatic heterocycles. The van der Waals surface area contributed by atoms with Crippen LogP contribution in [0.2, 0.25) is 0 Å². The molecule has 0 fully saturated rings. The lowest BCUT2D eigenvalue weighted by molar-refractivity contribution is -0.402. The Hall–Kier alpha value is -1.62. The highest BCUT2D eigenvalue weighted by Gasteiger charge is 2.10. The number of hydrogen-bond donors (Lipinski definition) is 1. The zero-order chi connectivity index (χ0) is 11.3. The standard InChI is InChI=1S/C10H14N2O3/c1-3-8(7-11-2)6-9-4-5-10(15-9)12(13)14/h4-6,11H,3,7H2,1-2H3. The van der Waals surface area contributed by atoms with E-state index in [1.165, 1.54) is 6.07 Å². The maximum Gasteiger partial charge on any atom is 0.433 e. The molecule has 0 aliphatic rings. The third kappa shape index (κ3) is 3.21. The molecule has 5 heteroatoms. The highest BCUT2D eigenvalue weighted by atomic mass is 16.6. The highest BCUT2D eigenvalue weighted by molar-refractivity contribution is 5.49. The van der Waals surface area contributed by atoms with Crippen LogP contribution in [0.1, 0.15) is 19.1 Å². The van der Waals surface area contributed by atoms with Crippen molar-refractivity contribution in [3.05, 3.63) is 33.6 Å². The van der Waals surface area contributed by atoms with Gasteiger partial charge in [-0.2, -0.15) is 0 Å². The summed E-state index contributed by atoms with van der Waals surface area (Å²) in [6.45, 7) is 2.78. The van der Waals surface area contributed by atoms with Gasteiger partial charge in [-0.15, -0.1) is 0 Å². The second-order valence-corrected chi connectivity index (χ2v) is 3.12. The Labute approximate surface area is 87.9 Å². The van der Waals surface area contributed by atoms with Crippen LogP contribution >= 0.6 is 0 Å². The molecule has 0 radical (unpaired) electrons. The Balaban J connectivity index is 2.82. The van der Waals surface area contributed by atoms with Crippen LogP contribution in [0, 0.1) is 10.1 Å². The molecule has 0 aliphatic carbocycles. The van der Waals surface area contributed by atoms with Crippen molar-refractivity contribution in [2.24, 2.45) is 0 Å². The van der Waals surface area contributed by atoms with E-state index in [1.54, 1.807) is 6.07 Å². The molecule has 0 spiro atoms. The molecular weight excluding hydrogens is 196 g/mol. The molecule has 0 amide bonds. The van der Waals surface area contributed by atoms with E-state index in [9.17, 15) is 10.1 Å². The molecule has 0 unspecified atom stereocenters.